The van der Waals surface area contributed by atoms with Gasteiger partial charge in [0, 0.05) is 6.42 Å². The van der Waals surface area contributed by atoms with Gasteiger partial charge in [-0.05, 0) is 36.5 Å². The first-order valence-corrected chi connectivity index (χ1v) is 7.71. The van der Waals surface area contributed by atoms with Crippen molar-refractivity contribution in [3.8, 4) is 0 Å². The molecule has 0 radical (unpaired) electrons. The van der Waals surface area contributed by atoms with E-state index in [9.17, 15) is 0 Å². The largest absolute Gasteiger partial charge is 0.338 e. The summed E-state index contributed by atoms with van der Waals surface area (Å²) < 4.78 is 5.24. The van der Waals surface area contributed by atoms with Gasteiger partial charge in [-0.1, -0.05) is 29.4 Å². The number of aryl methyl sites for hydroxylation is 1. The average Bonchev–Trinajstić information content (AvgIpc) is 2.87. The lowest BCUT2D eigenvalue weighted by Crippen LogP contribution is -2.11. The Morgan fingerprint density at radius 1 is 1.37 bits per heavy atom. The Kier molecular flexibility index (Phi) is 4.99. The molecule has 4 nitrogen and oxygen atoms in total. The summed E-state index contributed by atoms with van der Waals surface area (Å²) in [7, 11) is 0. The number of hydrogen-bond donors (Lipinski definition) is 1. The van der Waals surface area contributed by atoms with Crippen LogP contribution in [0.15, 0.2) is 28.8 Å². The number of nitrogens with zero attached hydrogens (tertiary/aromatic N) is 2. The van der Waals surface area contributed by atoms with Crippen LogP contribution in [-0.4, -0.2) is 22.1 Å². The number of hydrogen-bond acceptors (Lipinski definition) is 5. The zero-order valence-corrected chi connectivity index (χ0v) is 12.1. The van der Waals surface area contributed by atoms with Crippen molar-refractivity contribution in [2.45, 2.75) is 25.8 Å². The monoisotopic (exact) mass is 277 g/mol. The van der Waals surface area contributed by atoms with Crippen molar-refractivity contribution in [3.63, 3.8) is 0 Å². The van der Waals surface area contributed by atoms with Crippen LogP contribution < -0.4 is 5.73 Å². The van der Waals surface area contributed by atoms with Gasteiger partial charge in [-0.2, -0.15) is 16.7 Å². The van der Waals surface area contributed by atoms with Gasteiger partial charge < -0.3 is 10.3 Å². The summed E-state index contributed by atoms with van der Waals surface area (Å²) in [5.41, 5.74) is 8.46. The first-order valence-electron chi connectivity index (χ1n) is 6.32. The van der Waals surface area contributed by atoms with E-state index in [-0.39, 0.29) is 6.04 Å². The van der Waals surface area contributed by atoms with Crippen LogP contribution in [-0.2, 0) is 6.42 Å². The van der Waals surface area contributed by atoms with Gasteiger partial charge in [-0.25, -0.2) is 0 Å². The molecule has 0 aliphatic heterocycles. The fraction of sp³-hybridized carbons (Fsp3) is 0.429. The number of aromatic nitrogens is 2. The predicted molar refractivity (Wildman–Crippen MR) is 78.2 cm³/mol. The fourth-order valence-corrected chi connectivity index (χ4v) is 2.33. The van der Waals surface area contributed by atoms with Crippen molar-refractivity contribution in [2.75, 3.05) is 12.0 Å². The van der Waals surface area contributed by atoms with Crippen LogP contribution in [0.3, 0.4) is 0 Å². The van der Waals surface area contributed by atoms with Crippen molar-refractivity contribution in [1.82, 2.24) is 10.1 Å². The van der Waals surface area contributed by atoms with Gasteiger partial charge in [-0.15, -0.1) is 0 Å². The molecule has 19 heavy (non-hydrogen) atoms. The standard InChI is InChI=1S/C14H19N3OS/c1-10-5-3-4-6-11(10)9-13-16-14(18-17-13)12(15)7-8-19-2/h3-6,12H,7-9,15H2,1-2H3/t12-/m0/s1. The molecule has 2 N–H and O–H groups in total. The Bertz CT molecular complexity index is 527. The molecule has 5 heteroatoms. The van der Waals surface area contributed by atoms with Crippen molar-refractivity contribution in [2.24, 2.45) is 5.73 Å². The molecule has 1 aromatic carbocycles. The smallest absolute Gasteiger partial charge is 0.243 e. The second kappa shape index (κ2) is 6.73. The molecule has 0 fully saturated rings. The molecule has 0 bridgehead atoms. The van der Waals surface area contributed by atoms with E-state index in [1.54, 1.807) is 11.8 Å². The third-order valence-electron chi connectivity index (χ3n) is 3.04. The average molecular weight is 277 g/mol. The summed E-state index contributed by atoms with van der Waals surface area (Å²) in [6.07, 6.45) is 3.60. The van der Waals surface area contributed by atoms with Crippen molar-refractivity contribution in [3.05, 3.63) is 47.1 Å². The van der Waals surface area contributed by atoms with Gasteiger partial charge in [0.15, 0.2) is 5.82 Å². The molecule has 1 aromatic heterocycles. The first kappa shape index (κ1) is 14.1. The fourth-order valence-electron chi connectivity index (χ4n) is 1.84. The topological polar surface area (TPSA) is 64.9 Å². The van der Waals surface area contributed by atoms with Gasteiger partial charge in [-0.3, -0.25) is 0 Å². The first-order chi connectivity index (χ1) is 9.20. The molecule has 1 heterocycles. The van der Waals surface area contributed by atoms with Gasteiger partial charge in [0.2, 0.25) is 5.89 Å². The predicted octanol–water partition coefficient (Wildman–Crippen LogP) is 2.72. The number of benzene rings is 1. The Morgan fingerprint density at radius 2 is 2.16 bits per heavy atom. The molecule has 0 unspecified atom stereocenters. The third kappa shape index (κ3) is 3.81. The minimum Gasteiger partial charge on any atom is -0.338 e. The lowest BCUT2D eigenvalue weighted by Gasteiger charge is -2.04. The highest BCUT2D eigenvalue weighted by Crippen LogP contribution is 2.16. The van der Waals surface area contributed by atoms with E-state index in [0.717, 1.165) is 12.2 Å². The number of rotatable bonds is 6. The van der Waals surface area contributed by atoms with Gasteiger partial charge >= 0.3 is 0 Å². The number of nitrogens with two attached hydrogens (primary N) is 1. The van der Waals surface area contributed by atoms with E-state index in [0.29, 0.717) is 18.1 Å². The highest BCUT2D eigenvalue weighted by atomic mass is 32.2. The minimum absolute atomic E-state index is 0.162. The third-order valence-corrected chi connectivity index (χ3v) is 3.69. The van der Waals surface area contributed by atoms with Gasteiger partial charge in [0.25, 0.3) is 0 Å². The van der Waals surface area contributed by atoms with Gasteiger partial charge in [0.05, 0.1) is 6.04 Å². The van der Waals surface area contributed by atoms with Crippen LogP contribution in [0.4, 0.5) is 0 Å². The Morgan fingerprint density at radius 3 is 2.89 bits per heavy atom. The molecule has 1 atom stereocenters. The summed E-state index contributed by atoms with van der Waals surface area (Å²) >= 11 is 1.77. The summed E-state index contributed by atoms with van der Waals surface area (Å²) in [4.78, 5) is 4.39. The Hall–Kier alpha value is -1.33. The van der Waals surface area contributed by atoms with Crippen molar-refractivity contribution < 1.29 is 4.52 Å². The maximum absolute atomic E-state index is 6.01. The summed E-state index contributed by atoms with van der Waals surface area (Å²) in [5.74, 6) is 2.23. The summed E-state index contributed by atoms with van der Waals surface area (Å²) in [6, 6.07) is 8.05. The lowest BCUT2D eigenvalue weighted by atomic mass is 10.1. The maximum Gasteiger partial charge on any atom is 0.243 e. The minimum atomic E-state index is -0.162. The second-order valence-electron chi connectivity index (χ2n) is 4.54. The van der Waals surface area contributed by atoms with Crippen molar-refractivity contribution in [1.29, 1.82) is 0 Å². The number of thioether (sulfide) groups is 1. The molecule has 0 saturated heterocycles. The second-order valence-corrected chi connectivity index (χ2v) is 5.53. The summed E-state index contributed by atoms with van der Waals surface area (Å²) in [5, 5.41) is 4.01. The zero-order valence-electron chi connectivity index (χ0n) is 11.3. The molecule has 102 valence electrons. The highest BCUT2D eigenvalue weighted by molar-refractivity contribution is 7.98. The SMILES string of the molecule is CSCC[C@H](N)c1nc(Cc2ccccc2C)no1. The van der Waals surface area contributed by atoms with Crippen LogP contribution >= 0.6 is 11.8 Å². The van der Waals surface area contributed by atoms with Crippen LogP contribution in [0.2, 0.25) is 0 Å². The molecule has 0 spiro atoms. The molecule has 0 amide bonds. The van der Waals surface area contributed by atoms with Crippen LogP contribution in [0.25, 0.3) is 0 Å². The quantitative estimate of drug-likeness (QED) is 0.879. The molecule has 0 saturated carbocycles. The van der Waals surface area contributed by atoms with E-state index >= 15 is 0 Å². The molecular formula is C14H19N3OS. The van der Waals surface area contributed by atoms with Gasteiger partial charge in [0.1, 0.15) is 0 Å². The zero-order chi connectivity index (χ0) is 13.7. The molecule has 0 aliphatic carbocycles. The normalized spacial score (nSPS) is 12.6. The molecule has 2 rings (SSSR count). The molecule has 0 aliphatic rings. The van der Waals surface area contributed by atoms with Crippen LogP contribution in [0.5, 0.6) is 0 Å². The summed E-state index contributed by atoms with van der Waals surface area (Å²) in [6.45, 7) is 2.08. The van der Waals surface area contributed by atoms with Crippen molar-refractivity contribution >= 4 is 11.8 Å². The van der Waals surface area contributed by atoms with E-state index in [4.69, 9.17) is 10.3 Å². The van der Waals surface area contributed by atoms with E-state index in [1.807, 2.05) is 12.1 Å². The molecule has 2 aromatic rings. The van der Waals surface area contributed by atoms with E-state index < -0.39 is 0 Å². The van der Waals surface area contributed by atoms with E-state index in [2.05, 4.69) is 35.5 Å². The van der Waals surface area contributed by atoms with Crippen LogP contribution in [0, 0.1) is 6.92 Å². The van der Waals surface area contributed by atoms with E-state index in [1.165, 1.54) is 11.1 Å². The highest BCUT2D eigenvalue weighted by Gasteiger charge is 2.14. The lowest BCUT2D eigenvalue weighted by molar-refractivity contribution is 0.349. The van der Waals surface area contributed by atoms with Crippen LogP contribution in [0.1, 0.15) is 35.3 Å². The Balaban J connectivity index is 2.03. The Labute approximate surface area is 117 Å². The molecular weight excluding hydrogens is 258 g/mol. The maximum atomic E-state index is 6.01.